The Morgan fingerprint density at radius 2 is 1.12 bits per heavy atom. The van der Waals surface area contributed by atoms with Crippen molar-refractivity contribution in [1.82, 2.24) is 15.0 Å². The van der Waals surface area contributed by atoms with E-state index in [4.69, 9.17) is 19.4 Å². The minimum absolute atomic E-state index is 0.256. The number of pyridine rings is 3. The van der Waals surface area contributed by atoms with Gasteiger partial charge in [-0.05, 0) is 83.0 Å². The number of hydrogen-bond acceptors (Lipinski definition) is 7. The highest BCUT2D eigenvalue weighted by molar-refractivity contribution is 5.84. The molecule has 0 aliphatic carbocycles. The highest BCUT2D eigenvalue weighted by Gasteiger charge is 2.31. The largest absolute Gasteiger partial charge is 0.444 e. The summed E-state index contributed by atoms with van der Waals surface area (Å²) in [5.41, 5.74) is 1.97. The Morgan fingerprint density at radius 1 is 0.619 bits per heavy atom. The lowest BCUT2D eigenvalue weighted by Gasteiger charge is -2.28. The Morgan fingerprint density at radius 3 is 1.57 bits per heavy atom. The molecule has 1 aromatic carbocycles. The summed E-state index contributed by atoms with van der Waals surface area (Å²) in [5, 5.41) is 5.49. The lowest BCUT2D eigenvalue weighted by atomic mass is 9.77. The predicted octanol–water partition coefficient (Wildman–Crippen LogP) is 7.53. The molecule has 2 amide bonds. The zero-order valence-corrected chi connectivity index (χ0v) is 24.8. The zero-order valence-electron chi connectivity index (χ0n) is 24.8. The van der Waals surface area contributed by atoms with Crippen molar-refractivity contribution < 1.29 is 19.1 Å². The number of amides is 2. The SMILES string of the molecule is CC(C)(C)OC(=O)Nc1cccc(C(c2cccc(NC(=O)OC(C)(C)C)n2)C(c2ccccc2)c2cccnc2)n1. The molecule has 9 nitrogen and oxygen atoms in total. The summed E-state index contributed by atoms with van der Waals surface area (Å²) < 4.78 is 10.9. The number of hydrogen-bond donors (Lipinski definition) is 2. The molecule has 42 heavy (non-hydrogen) atoms. The molecule has 3 aromatic heterocycles. The van der Waals surface area contributed by atoms with Crippen LogP contribution in [0.1, 0.15) is 75.9 Å². The van der Waals surface area contributed by atoms with Crippen molar-refractivity contribution in [3.63, 3.8) is 0 Å². The minimum atomic E-state index is -0.658. The molecule has 1 unspecified atom stereocenters. The van der Waals surface area contributed by atoms with Gasteiger partial charge in [-0.3, -0.25) is 15.6 Å². The van der Waals surface area contributed by atoms with Gasteiger partial charge in [0.2, 0.25) is 0 Å². The van der Waals surface area contributed by atoms with E-state index >= 15 is 0 Å². The third kappa shape index (κ3) is 8.60. The van der Waals surface area contributed by atoms with Crippen molar-refractivity contribution in [3.8, 4) is 0 Å². The normalized spacial score (nSPS) is 12.4. The van der Waals surface area contributed by atoms with Crippen LogP contribution in [-0.4, -0.2) is 38.3 Å². The lowest BCUT2D eigenvalue weighted by Crippen LogP contribution is -2.28. The number of rotatable bonds is 7. The van der Waals surface area contributed by atoms with Gasteiger partial charge >= 0.3 is 12.2 Å². The van der Waals surface area contributed by atoms with E-state index in [9.17, 15) is 9.59 Å². The maximum atomic E-state index is 12.6. The van der Waals surface area contributed by atoms with Crippen LogP contribution in [0.25, 0.3) is 0 Å². The van der Waals surface area contributed by atoms with Gasteiger partial charge in [0.25, 0.3) is 0 Å². The third-order valence-corrected chi connectivity index (χ3v) is 5.97. The van der Waals surface area contributed by atoms with E-state index in [-0.39, 0.29) is 5.92 Å². The first-order valence-corrected chi connectivity index (χ1v) is 13.8. The number of carbonyl (C=O) groups is 2. The second-order valence-electron chi connectivity index (χ2n) is 11.8. The molecule has 9 heteroatoms. The molecular weight excluding hydrogens is 530 g/mol. The van der Waals surface area contributed by atoms with E-state index in [1.54, 1.807) is 59.9 Å². The number of carbonyl (C=O) groups excluding carboxylic acids is 2. The highest BCUT2D eigenvalue weighted by Crippen LogP contribution is 2.42. The van der Waals surface area contributed by atoms with Crippen LogP contribution in [0.15, 0.2) is 91.3 Å². The van der Waals surface area contributed by atoms with Crippen LogP contribution in [0.3, 0.4) is 0 Å². The van der Waals surface area contributed by atoms with Crippen molar-refractivity contribution >= 4 is 23.8 Å². The van der Waals surface area contributed by atoms with Crippen LogP contribution in [0.5, 0.6) is 0 Å². The first kappa shape index (κ1) is 30.2. The fourth-order valence-corrected chi connectivity index (χ4v) is 4.50. The van der Waals surface area contributed by atoms with Gasteiger partial charge in [0.15, 0.2) is 0 Å². The maximum Gasteiger partial charge on any atom is 0.413 e. The van der Waals surface area contributed by atoms with Crippen LogP contribution in [0.4, 0.5) is 21.2 Å². The number of anilines is 2. The van der Waals surface area contributed by atoms with Gasteiger partial charge in [0.05, 0.1) is 17.3 Å². The maximum absolute atomic E-state index is 12.6. The fourth-order valence-electron chi connectivity index (χ4n) is 4.50. The molecule has 4 aromatic rings. The van der Waals surface area contributed by atoms with Crippen molar-refractivity contribution in [1.29, 1.82) is 0 Å². The number of ether oxygens (including phenoxy) is 2. The average Bonchev–Trinajstić information content (AvgIpc) is 2.90. The van der Waals surface area contributed by atoms with Crippen molar-refractivity contribution in [2.75, 3.05) is 10.6 Å². The Kier molecular flexibility index (Phi) is 9.20. The standard InChI is InChI=1S/C33H37N5O4/c1-32(2,3)41-30(39)37-26-18-10-16-24(35-26)29(25-17-11-19-27(36-25)38-31(40)42-33(4,5)6)28(22-13-8-7-9-14-22)23-15-12-20-34-21-23/h7-21,28-29H,1-6H3,(H,35,37,39)(H,36,38,40). The first-order chi connectivity index (χ1) is 19.9. The Labute approximate surface area is 246 Å². The van der Waals surface area contributed by atoms with Gasteiger partial charge in [-0.2, -0.15) is 0 Å². The number of benzene rings is 1. The van der Waals surface area contributed by atoms with Gasteiger partial charge in [-0.25, -0.2) is 19.6 Å². The fraction of sp³-hybridized carbons (Fsp3) is 0.303. The molecule has 0 radical (unpaired) electrons. The van der Waals surface area contributed by atoms with Crippen LogP contribution in [0.2, 0.25) is 0 Å². The lowest BCUT2D eigenvalue weighted by molar-refractivity contribution is 0.0624. The molecule has 0 spiro atoms. The van der Waals surface area contributed by atoms with E-state index in [0.29, 0.717) is 23.0 Å². The molecule has 218 valence electrons. The number of nitrogens with zero attached hydrogens (tertiary/aromatic N) is 3. The highest BCUT2D eigenvalue weighted by atomic mass is 16.6. The average molecular weight is 568 g/mol. The molecule has 0 saturated heterocycles. The van der Waals surface area contributed by atoms with E-state index < -0.39 is 29.3 Å². The summed E-state index contributed by atoms with van der Waals surface area (Å²) >= 11 is 0. The van der Waals surface area contributed by atoms with Gasteiger partial charge < -0.3 is 9.47 Å². The van der Waals surface area contributed by atoms with Gasteiger partial charge in [0, 0.05) is 18.3 Å². The topological polar surface area (TPSA) is 115 Å². The smallest absolute Gasteiger partial charge is 0.413 e. The Bertz CT molecular complexity index is 1390. The van der Waals surface area contributed by atoms with Gasteiger partial charge in [-0.15, -0.1) is 0 Å². The predicted molar refractivity (Wildman–Crippen MR) is 163 cm³/mol. The summed E-state index contributed by atoms with van der Waals surface area (Å²) in [6.07, 6.45) is 2.36. The van der Waals surface area contributed by atoms with Crippen molar-refractivity contribution in [2.24, 2.45) is 0 Å². The van der Waals surface area contributed by atoms with E-state index in [1.165, 1.54) is 0 Å². The van der Waals surface area contributed by atoms with Gasteiger partial charge in [0.1, 0.15) is 22.8 Å². The summed E-state index contributed by atoms with van der Waals surface area (Å²) in [7, 11) is 0. The van der Waals surface area contributed by atoms with Gasteiger partial charge in [-0.1, -0.05) is 48.5 Å². The molecule has 1 atom stereocenters. The van der Waals surface area contributed by atoms with E-state index in [1.807, 2.05) is 60.8 Å². The van der Waals surface area contributed by atoms with Crippen molar-refractivity contribution in [2.45, 2.75) is 64.6 Å². The molecule has 0 aliphatic rings. The summed E-state index contributed by atoms with van der Waals surface area (Å²) in [5.74, 6) is -0.00797. The second-order valence-corrected chi connectivity index (χ2v) is 11.8. The van der Waals surface area contributed by atoms with Crippen LogP contribution in [-0.2, 0) is 9.47 Å². The second kappa shape index (κ2) is 12.8. The number of nitrogens with one attached hydrogen (secondary N) is 2. The molecule has 3 heterocycles. The van der Waals surface area contributed by atoms with Crippen LogP contribution in [0, 0.1) is 0 Å². The molecule has 2 N–H and O–H groups in total. The molecule has 0 aliphatic heterocycles. The summed E-state index contributed by atoms with van der Waals surface area (Å²) in [6.45, 7) is 10.8. The first-order valence-electron chi connectivity index (χ1n) is 13.8. The third-order valence-electron chi connectivity index (χ3n) is 5.97. The van der Waals surface area contributed by atoms with E-state index in [2.05, 4.69) is 27.8 Å². The molecule has 4 rings (SSSR count). The Balaban J connectivity index is 1.82. The molecular formula is C33H37N5O4. The zero-order chi connectivity index (χ0) is 30.3. The van der Waals surface area contributed by atoms with Crippen molar-refractivity contribution in [3.05, 3.63) is 114 Å². The number of aromatic nitrogens is 3. The molecule has 0 saturated carbocycles. The quantitative estimate of drug-likeness (QED) is 0.237. The summed E-state index contributed by atoms with van der Waals surface area (Å²) in [4.78, 5) is 39.2. The van der Waals surface area contributed by atoms with Crippen LogP contribution >= 0.6 is 0 Å². The molecule has 0 bridgehead atoms. The summed E-state index contributed by atoms with van der Waals surface area (Å²) in [6, 6.07) is 24.8. The monoisotopic (exact) mass is 567 g/mol. The van der Waals surface area contributed by atoms with E-state index in [0.717, 1.165) is 11.1 Å². The Hall–Kier alpha value is -4.79. The minimum Gasteiger partial charge on any atom is -0.444 e. The van der Waals surface area contributed by atoms with Crippen LogP contribution < -0.4 is 10.6 Å². The molecule has 0 fully saturated rings.